The van der Waals surface area contributed by atoms with Crippen LogP contribution in [0.4, 0.5) is 10.5 Å². The number of nitriles is 1. The molecule has 150 valence electrons. The highest BCUT2D eigenvalue weighted by Gasteiger charge is 2.37. The van der Waals surface area contributed by atoms with Crippen molar-refractivity contribution in [3.8, 4) is 11.8 Å². The predicted octanol–water partition coefficient (Wildman–Crippen LogP) is 2.16. The van der Waals surface area contributed by atoms with Gasteiger partial charge in [-0.2, -0.15) is 5.26 Å². The van der Waals surface area contributed by atoms with Crippen molar-refractivity contribution in [1.29, 1.82) is 5.26 Å². The molecule has 1 aromatic carbocycles. The average molecular weight is 399 g/mol. The minimum absolute atomic E-state index is 0.0710. The van der Waals surface area contributed by atoms with Gasteiger partial charge in [-0.3, -0.25) is 4.90 Å². The number of nitrogens with one attached hydrogen (secondary N) is 1. The summed E-state index contributed by atoms with van der Waals surface area (Å²) in [7, 11) is 1.13. The predicted molar refractivity (Wildman–Crippen MR) is 98.0 cm³/mol. The van der Waals surface area contributed by atoms with Crippen molar-refractivity contribution in [3.05, 3.63) is 47.3 Å². The molecule has 10 heteroatoms. The zero-order chi connectivity index (χ0) is 21.1. The highest BCUT2D eigenvalue weighted by atomic mass is 16.6. The Labute approximate surface area is 165 Å². The number of carboxylic acid groups (broad SMARTS) is 1. The van der Waals surface area contributed by atoms with Crippen LogP contribution < -0.4 is 9.64 Å². The van der Waals surface area contributed by atoms with Crippen LogP contribution in [0.1, 0.15) is 33.3 Å². The number of esters is 1. The number of methoxy groups -OCH3 is 1. The number of carbonyl (C=O) groups excluding carboxylic acids is 2. The summed E-state index contributed by atoms with van der Waals surface area (Å²) in [6, 6.07) is 8.43. The maximum Gasteiger partial charge on any atom is 0.414 e. The number of aromatic nitrogens is 1. The van der Waals surface area contributed by atoms with Crippen LogP contribution in [-0.4, -0.2) is 54.0 Å². The zero-order valence-electron chi connectivity index (χ0n) is 15.5. The number of nitrogens with zero attached hydrogens (tertiary/aromatic N) is 2. The molecule has 0 saturated carbocycles. The van der Waals surface area contributed by atoms with Gasteiger partial charge < -0.3 is 24.3 Å². The van der Waals surface area contributed by atoms with Crippen LogP contribution in [0, 0.1) is 11.3 Å². The quantitative estimate of drug-likeness (QED) is 0.704. The number of aromatic amines is 1. The molecule has 1 aromatic heterocycles. The second-order valence-corrected chi connectivity index (χ2v) is 6.21. The number of carboxylic acids is 1. The number of ether oxygens (including phenoxy) is 3. The molecule has 0 bridgehead atoms. The Morgan fingerprint density at radius 2 is 2.07 bits per heavy atom. The molecule has 29 heavy (non-hydrogen) atoms. The van der Waals surface area contributed by atoms with Gasteiger partial charge in [0.05, 0.1) is 25.3 Å². The Kier molecular flexibility index (Phi) is 5.40. The number of hydrogen-bond acceptors (Lipinski definition) is 7. The van der Waals surface area contributed by atoms with E-state index in [1.54, 1.807) is 31.2 Å². The summed E-state index contributed by atoms with van der Waals surface area (Å²) < 4.78 is 15.6. The first-order chi connectivity index (χ1) is 13.8. The van der Waals surface area contributed by atoms with E-state index in [9.17, 15) is 19.5 Å². The maximum atomic E-state index is 12.2. The van der Waals surface area contributed by atoms with Crippen molar-refractivity contribution in [2.45, 2.75) is 19.1 Å². The molecule has 2 heterocycles. The number of benzene rings is 1. The van der Waals surface area contributed by atoms with E-state index in [2.05, 4.69) is 9.72 Å². The van der Waals surface area contributed by atoms with Gasteiger partial charge in [0.1, 0.15) is 17.4 Å². The van der Waals surface area contributed by atoms with E-state index < -0.39 is 30.2 Å². The number of hydrogen-bond donors (Lipinski definition) is 2. The largest absolute Gasteiger partial charge is 0.484 e. The molecule has 2 unspecified atom stereocenters. The number of rotatable bonds is 6. The molecule has 1 saturated heterocycles. The van der Waals surface area contributed by atoms with Gasteiger partial charge in [0.15, 0.2) is 11.9 Å². The highest BCUT2D eigenvalue weighted by molar-refractivity contribution is 6.03. The normalized spacial score (nSPS) is 16.7. The van der Waals surface area contributed by atoms with Gasteiger partial charge in [-0.1, -0.05) is 0 Å². The summed E-state index contributed by atoms with van der Waals surface area (Å²) in [6.45, 7) is 1.79. The Bertz CT molecular complexity index is 990. The number of amides is 1. The van der Waals surface area contributed by atoms with Crippen LogP contribution in [-0.2, 0) is 9.47 Å². The SMILES string of the molecule is COC(=O)c1[nH]cc(OC(C)C2CN(c3ccc(C#N)cc3)C(=O)O2)c1C(=O)O. The van der Waals surface area contributed by atoms with Gasteiger partial charge in [0.25, 0.3) is 0 Å². The van der Waals surface area contributed by atoms with E-state index in [1.807, 2.05) is 6.07 Å². The topological polar surface area (TPSA) is 142 Å². The van der Waals surface area contributed by atoms with E-state index in [0.29, 0.717) is 11.3 Å². The summed E-state index contributed by atoms with van der Waals surface area (Å²) >= 11 is 0. The van der Waals surface area contributed by atoms with E-state index in [-0.39, 0.29) is 23.6 Å². The zero-order valence-corrected chi connectivity index (χ0v) is 15.5. The lowest BCUT2D eigenvalue weighted by Crippen LogP contribution is -2.33. The molecule has 1 amide bonds. The van der Waals surface area contributed by atoms with Crippen molar-refractivity contribution in [3.63, 3.8) is 0 Å². The molecular weight excluding hydrogens is 382 g/mol. The molecule has 0 spiro atoms. The van der Waals surface area contributed by atoms with Gasteiger partial charge in [-0.25, -0.2) is 14.4 Å². The molecule has 0 aliphatic carbocycles. The summed E-state index contributed by atoms with van der Waals surface area (Å²) in [6.07, 6.45) is -0.739. The number of aromatic carboxylic acids is 1. The fraction of sp³-hybridized carbons (Fsp3) is 0.263. The molecule has 2 N–H and O–H groups in total. The number of H-pyrrole nitrogens is 1. The average Bonchev–Trinajstić information content (AvgIpc) is 3.31. The Hall–Kier alpha value is -4.00. The molecule has 2 atom stereocenters. The third-order valence-corrected chi connectivity index (χ3v) is 4.43. The molecular formula is C19H17N3O7. The van der Waals surface area contributed by atoms with E-state index in [1.165, 1.54) is 11.1 Å². The standard InChI is InChI=1S/C19H17N3O7/c1-10(28-13-8-21-16(18(25)27-2)15(13)17(23)24)14-9-22(19(26)29-14)12-5-3-11(7-20)4-6-12/h3-6,8,10,14,21H,9H2,1-2H3,(H,23,24). The van der Waals surface area contributed by atoms with Crippen molar-refractivity contribution < 1.29 is 33.7 Å². The second kappa shape index (κ2) is 7.93. The summed E-state index contributed by atoms with van der Waals surface area (Å²) in [5.41, 5.74) is 0.413. The van der Waals surface area contributed by atoms with Gasteiger partial charge in [0, 0.05) is 11.9 Å². The maximum absolute atomic E-state index is 12.2. The molecule has 2 aromatic rings. The van der Waals surface area contributed by atoms with Gasteiger partial charge >= 0.3 is 18.0 Å². The van der Waals surface area contributed by atoms with Crippen molar-refractivity contribution in [1.82, 2.24) is 4.98 Å². The molecule has 0 radical (unpaired) electrons. The minimum atomic E-state index is -1.36. The van der Waals surface area contributed by atoms with Crippen molar-refractivity contribution in [2.75, 3.05) is 18.6 Å². The van der Waals surface area contributed by atoms with E-state index in [0.717, 1.165) is 7.11 Å². The number of carbonyl (C=O) groups is 3. The first-order valence-corrected chi connectivity index (χ1v) is 8.53. The van der Waals surface area contributed by atoms with Crippen molar-refractivity contribution >= 4 is 23.7 Å². The highest BCUT2D eigenvalue weighted by Crippen LogP contribution is 2.28. The summed E-state index contributed by atoms with van der Waals surface area (Å²) in [5, 5.41) is 18.3. The fourth-order valence-corrected chi connectivity index (χ4v) is 2.91. The fourth-order valence-electron chi connectivity index (χ4n) is 2.91. The van der Waals surface area contributed by atoms with Crippen LogP contribution in [0.2, 0.25) is 0 Å². The van der Waals surface area contributed by atoms with Crippen LogP contribution >= 0.6 is 0 Å². The second-order valence-electron chi connectivity index (χ2n) is 6.21. The van der Waals surface area contributed by atoms with Gasteiger partial charge in [-0.05, 0) is 31.2 Å². The molecule has 1 aliphatic heterocycles. The number of cyclic esters (lactones) is 1. The Morgan fingerprint density at radius 1 is 1.38 bits per heavy atom. The molecule has 1 aliphatic rings. The van der Waals surface area contributed by atoms with E-state index in [4.69, 9.17) is 14.7 Å². The lowest BCUT2D eigenvalue weighted by atomic mass is 10.2. The molecule has 1 fully saturated rings. The third-order valence-electron chi connectivity index (χ3n) is 4.43. The summed E-state index contributed by atoms with van der Waals surface area (Å²) in [4.78, 5) is 39.4. The Balaban J connectivity index is 1.75. The van der Waals surface area contributed by atoms with Crippen LogP contribution in [0.15, 0.2) is 30.5 Å². The third kappa shape index (κ3) is 3.84. The lowest BCUT2D eigenvalue weighted by molar-refractivity contribution is 0.0533. The number of anilines is 1. The van der Waals surface area contributed by atoms with Gasteiger partial charge in [0.2, 0.25) is 0 Å². The lowest BCUT2D eigenvalue weighted by Gasteiger charge is -2.19. The van der Waals surface area contributed by atoms with Crippen molar-refractivity contribution in [2.24, 2.45) is 0 Å². The summed E-state index contributed by atoms with van der Waals surface area (Å²) in [5.74, 6) is -2.28. The van der Waals surface area contributed by atoms with Crippen LogP contribution in [0.25, 0.3) is 0 Å². The van der Waals surface area contributed by atoms with Crippen LogP contribution in [0.3, 0.4) is 0 Å². The van der Waals surface area contributed by atoms with Gasteiger partial charge in [-0.15, -0.1) is 0 Å². The first kappa shape index (κ1) is 19.8. The van der Waals surface area contributed by atoms with E-state index >= 15 is 0 Å². The van der Waals surface area contributed by atoms with Crippen LogP contribution in [0.5, 0.6) is 5.75 Å². The molecule has 10 nitrogen and oxygen atoms in total. The monoisotopic (exact) mass is 399 g/mol. The Morgan fingerprint density at radius 3 is 2.66 bits per heavy atom. The molecule has 3 rings (SSSR count). The smallest absolute Gasteiger partial charge is 0.414 e. The first-order valence-electron chi connectivity index (χ1n) is 8.53. The minimum Gasteiger partial charge on any atom is -0.484 e.